The summed E-state index contributed by atoms with van der Waals surface area (Å²) in [5.74, 6) is -0.313. The van der Waals surface area contributed by atoms with Crippen LogP contribution in [0.3, 0.4) is 0 Å². The second kappa shape index (κ2) is 8.13. The van der Waals surface area contributed by atoms with E-state index in [1.165, 1.54) is 12.7 Å². The van der Waals surface area contributed by atoms with E-state index in [4.69, 9.17) is 4.74 Å². The van der Waals surface area contributed by atoms with Gasteiger partial charge in [0.05, 0.1) is 7.11 Å². The van der Waals surface area contributed by atoms with Crippen molar-refractivity contribution in [2.75, 3.05) is 21.2 Å². The maximum absolute atomic E-state index is 11.7. The maximum Gasteiger partial charge on any atom is 0.354 e. The Morgan fingerprint density at radius 3 is 2.46 bits per heavy atom. The van der Waals surface area contributed by atoms with Gasteiger partial charge in [-0.1, -0.05) is 30.3 Å². The first-order valence-electron chi connectivity index (χ1n) is 8.13. The third kappa shape index (κ3) is 4.04. The molecule has 2 aromatic rings. The number of likely N-dealkylation sites (N-methyl/N-ethyl adjacent to an activating group) is 1. The monoisotopic (exact) mass is 329 g/mol. The Bertz CT molecular complexity index is 665. The van der Waals surface area contributed by atoms with Gasteiger partial charge in [0.1, 0.15) is 5.69 Å². The SMILES string of the molecule is COC(=O)c1ccc(CN[C@@H](C)[C@@H](c2ccccc2)N(C)C)n1C. The normalized spacial score (nSPS) is 13.8. The van der Waals surface area contributed by atoms with Crippen molar-refractivity contribution in [3.8, 4) is 0 Å². The van der Waals surface area contributed by atoms with Gasteiger partial charge in [0.2, 0.25) is 0 Å². The minimum absolute atomic E-state index is 0.249. The molecule has 0 aliphatic heterocycles. The molecule has 0 aliphatic carbocycles. The fraction of sp³-hybridized carbons (Fsp3) is 0.421. The van der Waals surface area contributed by atoms with Crippen molar-refractivity contribution in [3.05, 3.63) is 59.4 Å². The molecule has 24 heavy (non-hydrogen) atoms. The molecular formula is C19H27N3O2. The largest absolute Gasteiger partial charge is 0.464 e. The fourth-order valence-corrected chi connectivity index (χ4v) is 3.10. The first-order chi connectivity index (χ1) is 11.5. The summed E-state index contributed by atoms with van der Waals surface area (Å²) in [6.07, 6.45) is 0. The van der Waals surface area contributed by atoms with E-state index in [2.05, 4.69) is 55.5 Å². The molecule has 5 heteroatoms. The number of benzene rings is 1. The molecule has 0 saturated heterocycles. The molecule has 0 saturated carbocycles. The Labute approximate surface area is 144 Å². The van der Waals surface area contributed by atoms with Crippen molar-refractivity contribution in [1.29, 1.82) is 0 Å². The molecule has 1 aromatic heterocycles. The zero-order valence-electron chi connectivity index (χ0n) is 15.1. The second-order valence-corrected chi connectivity index (χ2v) is 6.25. The lowest BCUT2D eigenvalue weighted by Gasteiger charge is -2.31. The van der Waals surface area contributed by atoms with Crippen LogP contribution in [0.4, 0.5) is 0 Å². The predicted octanol–water partition coefficient (Wildman–Crippen LogP) is 2.59. The Kier molecular flexibility index (Phi) is 6.17. The molecule has 2 rings (SSSR count). The maximum atomic E-state index is 11.7. The second-order valence-electron chi connectivity index (χ2n) is 6.25. The summed E-state index contributed by atoms with van der Waals surface area (Å²) in [4.78, 5) is 13.9. The molecule has 1 aromatic carbocycles. The minimum atomic E-state index is -0.313. The number of esters is 1. The molecule has 0 unspecified atom stereocenters. The first-order valence-corrected chi connectivity index (χ1v) is 8.13. The van der Waals surface area contributed by atoms with Crippen LogP contribution in [0.2, 0.25) is 0 Å². The molecule has 0 radical (unpaired) electrons. The van der Waals surface area contributed by atoms with Crippen molar-refractivity contribution >= 4 is 5.97 Å². The van der Waals surface area contributed by atoms with E-state index in [1.807, 2.05) is 23.7 Å². The van der Waals surface area contributed by atoms with E-state index in [0.717, 1.165) is 5.69 Å². The standard InChI is InChI=1S/C19H27N3O2/c1-14(18(21(2)3)15-9-7-6-8-10-15)20-13-16-11-12-17(22(16)4)19(23)24-5/h6-12,14,18,20H,13H2,1-5H3/t14-,18-/m0/s1. The highest BCUT2D eigenvalue weighted by atomic mass is 16.5. The summed E-state index contributed by atoms with van der Waals surface area (Å²) in [5.41, 5.74) is 2.90. The predicted molar refractivity (Wildman–Crippen MR) is 95.9 cm³/mol. The molecule has 5 nitrogen and oxygen atoms in total. The number of hydrogen-bond acceptors (Lipinski definition) is 4. The lowest BCUT2D eigenvalue weighted by atomic mass is 9.99. The minimum Gasteiger partial charge on any atom is -0.464 e. The first kappa shape index (κ1) is 18.2. The number of carbonyl (C=O) groups excluding carboxylic acids is 1. The highest BCUT2D eigenvalue weighted by Gasteiger charge is 2.21. The Morgan fingerprint density at radius 2 is 1.88 bits per heavy atom. The summed E-state index contributed by atoms with van der Waals surface area (Å²) in [6.45, 7) is 2.87. The van der Waals surface area contributed by atoms with Crippen LogP contribution in [-0.2, 0) is 18.3 Å². The van der Waals surface area contributed by atoms with Gasteiger partial charge in [-0.3, -0.25) is 0 Å². The van der Waals surface area contributed by atoms with Crippen LogP contribution in [0, 0.1) is 0 Å². The van der Waals surface area contributed by atoms with Gasteiger partial charge in [-0.2, -0.15) is 0 Å². The van der Waals surface area contributed by atoms with E-state index in [9.17, 15) is 4.79 Å². The molecule has 2 atom stereocenters. The third-order valence-corrected chi connectivity index (χ3v) is 4.40. The zero-order chi connectivity index (χ0) is 17.7. The van der Waals surface area contributed by atoms with E-state index in [1.54, 1.807) is 6.07 Å². The van der Waals surface area contributed by atoms with Crippen LogP contribution >= 0.6 is 0 Å². The number of nitrogens with zero attached hydrogens (tertiary/aromatic N) is 2. The highest BCUT2D eigenvalue weighted by molar-refractivity contribution is 5.87. The van der Waals surface area contributed by atoms with Crippen molar-refractivity contribution in [3.63, 3.8) is 0 Å². The van der Waals surface area contributed by atoms with E-state index >= 15 is 0 Å². The smallest absolute Gasteiger partial charge is 0.354 e. The van der Waals surface area contributed by atoms with Crippen molar-refractivity contribution in [2.45, 2.75) is 25.6 Å². The molecule has 0 amide bonds. The molecule has 0 spiro atoms. The third-order valence-electron chi connectivity index (χ3n) is 4.40. The van der Waals surface area contributed by atoms with Gasteiger partial charge in [0, 0.05) is 31.4 Å². The van der Waals surface area contributed by atoms with Gasteiger partial charge in [0.15, 0.2) is 0 Å². The number of hydrogen-bond donors (Lipinski definition) is 1. The topological polar surface area (TPSA) is 46.5 Å². The number of methoxy groups -OCH3 is 1. The average Bonchev–Trinajstić information content (AvgIpc) is 2.94. The number of aromatic nitrogens is 1. The lowest BCUT2D eigenvalue weighted by Crippen LogP contribution is -2.39. The van der Waals surface area contributed by atoms with Crippen LogP contribution in [0.1, 0.15) is 34.7 Å². The molecular weight excluding hydrogens is 302 g/mol. The highest BCUT2D eigenvalue weighted by Crippen LogP contribution is 2.22. The van der Waals surface area contributed by atoms with Crippen LogP contribution in [0.25, 0.3) is 0 Å². The quantitative estimate of drug-likeness (QED) is 0.793. The number of nitrogens with one attached hydrogen (secondary N) is 1. The van der Waals surface area contributed by atoms with E-state index < -0.39 is 0 Å². The van der Waals surface area contributed by atoms with Crippen molar-refractivity contribution in [1.82, 2.24) is 14.8 Å². The zero-order valence-corrected chi connectivity index (χ0v) is 15.1. The van der Waals surface area contributed by atoms with E-state index in [-0.39, 0.29) is 18.1 Å². The van der Waals surface area contributed by atoms with E-state index in [0.29, 0.717) is 12.2 Å². The molecule has 0 fully saturated rings. The molecule has 0 aliphatic rings. The Hall–Kier alpha value is -2.11. The van der Waals surface area contributed by atoms with Gasteiger partial charge in [-0.25, -0.2) is 4.79 Å². The van der Waals surface area contributed by atoms with Crippen LogP contribution < -0.4 is 5.32 Å². The Morgan fingerprint density at radius 1 is 1.21 bits per heavy atom. The van der Waals surface area contributed by atoms with Gasteiger partial charge < -0.3 is 19.5 Å². The van der Waals surface area contributed by atoms with Crippen molar-refractivity contribution in [2.24, 2.45) is 7.05 Å². The molecule has 130 valence electrons. The van der Waals surface area contributed by atoms with Gasteiger partial charge >= 0.3 is 5.97 Å². The van der Waals surface area contributed by atoms with Crippen LogP contribution in [0.15, 0.2) is 42.5 Å². The molecule has 1 N–H and O–H groups in total. The summed E-state index contributed by atoms with van der Waals surface area (Å²) in [6, 6.07) is 14.8. The van der Waals surface area contributed by atoms with Crippen molar-refractivity contribution < 1.29 is 9.53 Å². The Balaban J connectivity index is 2.08. The van der Waals surface area contributed by atoms with Gasteiger partial charge in [-0.15, -0.1) is 0 Å². The van der Waals surface area contributed by atoms with Crippen LogP contribution in [-0.4, -0.2) is 42.7 Å². The van der Waals surface area contributed by atoms with Crippen LogP contribution in [0.5, 0.6) is 0 Å². The lowest BCUT2D eigenvalue weighted by molar-refractivity contribution is 0.0589. The molecule has 1 heterocycles. The molecule has 0 bridgehead atoms. The van der Waals surface area contributed by atoms with Gasteiger partial charge in [-0.05, 0) is 38.7 Å². The van der Waals surface area contributed by atoms with Gasteiger partial charge in [0.25, 0.3) is 0 Å². The summed E-state index contributed by atoms with van der Waals surface area (Å²) in [5, 5.41) is 3.58. The summed E-state index contributed by atoms with van der Waals surface area (Å²) in [7, 11) is 7.47. The number of carbonyl (C=O) groups is 1. The average molecular weight is 329 g/mol. The summed E-state index contributed by atoms with van der Waals surface area (Å²) >= 11 is 0. The summed E-state index contributed by atoms with van der Waals surface area (Å²) < 4.78 is 6.67. The number of rotatable bonds is 7. The fourth-order valence-electron chi connectivity index (χ4n) is 3.10. The number of ether oxygens (including phenoxy) is 1.